The molecule has 0 heterocycles. The largest absolute Gasteiger partial charge is 0.320 e. The van der Waals surface area contributed by atoms with Gasteiger partial charge in [0.2, 0.25) is 0 Å². The Morgan fingerprint density at radius 2 is 2.43 bits per heavy atom. The molecule has 4 nitrogen and oxygen atoms in total. The smallest absolute Gasteiger partial charge is 0.259 e. The van der Waals surface area contributed by atoms with Gasteiger partial charge in [-0.3, -0.25) is 10.0 Å². The van der Waals surface area contributed by atoms with Crippen molar-refractivity contribution >= 4 is 5.91 Å². The average Bonchev–Trinajstić information content (AvgIpc) is 1.65. The predicted molar refractivity (Wildman–Crippen MR) is 23.6 cm³/mol. The zero-order chi connectivity index (χ0) is 5.86. The number of nitrogens with one attached hydrogen (secondary N) is 1. The highest BCUT2D eigenvalue weighted by Gasteiger charge is 2.02. The normalized spacial score (nSPS) is 13.0. The van der Waals surface area contributed by atoms with E-state index in [1.165, 1.54) is 12.4 Å². The Hall–Kier alpha value is -0.610. The third-order valence-corrected chi connectivity index (χ3v) is 0.524. The lowest BCUT2D eigenvalue weighted by Gasteiger charge is -1.97. The molecule has 0 unspecified atom stereocenters. The van der Waals surface area contributed by atoms with Gasteiger partial charge in [-0.15, -0.1) is 0 Å². The highest BCUT2D eigenvalue weighted by Crippen LogP contribution is 1.68. The van der Waals surface area contributed by atoms with Crippen LogP contribution in [0.4, 0.5) is 0 Å². The van der Waals surface area contributed by atoms with Crippen LogP contribution in [0.25, 0.3) is 0 Å². The lowest BCUT2D eigenvalue weighted by molar-refractivity contribution is -0.130. The van der Waals surface area contributed by atoms with E-state index in [1.54, 1.807) is 0 Å². The van der Waals surface area contributed by atoms with Crippen molar-refractivity contribution in [3.8, 4) is 0 Å². The van der Waals surface area contributed by atoms with Gasteiger partial charge in [0.05, 0.1) is 6.04 Å². The van der Waals surface area contributed by atoms with E-state index in [1.807, 2.05) is 0 Å². The van der Waals surface area contributed by atoms with Gasteiger partial charge in [-0.05, 0) is 6.92 Å². The summed E-state index contributed by atoms with van der Waals surface area (Å²) in [6.07, 6.45) is 0. The number of hydroxylamine groups is 1. The molecular weight excluding hydrogens is 96.0 g/mol. The van der Waals surface area contributed by atoms with Gasteiger partial charge in [0, 0.05) is 0 Å². The fraction of sp³-hybridized carbons (Fsp3) is 0.667. The maximum atomic E-state index is 10.0. The molecule has 42 valence electrons. The molecule has 0 saturated carbocycles. The first-order chi connectivity index (χ1) is 3.18. The number of hydrogen-bond donors (Lipinski definition) is 3. The summed E-state index contributed by atoms with van der Waals surface area (Å²) in [5.74, 6) is -0.569. The Labute approximate surface area is 41.3 Å². The van der Waals surface area contributed by atoms with E-state index < -0.39 is 11.9 Å². The summed E-state index contributed by atoms with van der Waals surface area (Å²) >= 11 is 0. The molecule has 0 radical (unpaired) electrons. The van der Waals surface area contributed by atoms with Crippen LogP contribution >= 0.6 is 0 Å². The molecule has 0 spiro atoms. The molecule has 0 aromatic carbocycles. The topological polar surface area (TPSA) is 75.4 Å². The van der Waals surface area contributed by atoms with Crippen LogP contribution in [-0.2, 0) is 4.79 Å². The second-order valence-electron chi connectivity index (χ2n) is 1.26. The summed E-state index contributed by atoms with van der Waals surface area (Å²) in [6, 6.07) is -0.634. The van der Waals surface area contributed by atoms with Crippen molar-refractivity contribution in [2.75, 3.05) is 0 Å². The fourth-order valence-corrected chi connectivity index (χ4v) is 0.102. The molecule has 0 aliphatic heterocycles. The number of carbonyl (C=O) groups is 1. The van der Waals surface area contributed by atoms with Crippen LogP contribution in [0.15, 0.2) is 0 Å². The molecule has 0 aromatic heterocycles. The Morgan fingerprint density at radius 1 is 2.00 bits per heavy atom. The van der Waals surface area contributed by atoms with Crippen LogP contribution < -0.4 is 11.2 Å². The van der Waals surface area contributed by atoms with Crippen LogP contribution in [0.3, 0.4) is 0 Å². The maximum absolute atomic E-state index is 10.0. The first-order valence-electron chi connectivity index (χ1n) is 1.88. The second-order valence-corrected chi connectivity index (χ2v) is 1.26. The van der Waals surface area contributed by atoms with E-state index in [0.29, 0.717) is 0 Å². The van der Waals surface area contributed by atoms with Crippen molar-refractivity contribution in [1.82, 2.24) is 5.48 Å². The number of amides is 1. The molecule has 0 fully saturated rings. The zero-order valence-corrected chi connectivity index (χ0v) is 4.01. The molecule has 7 heavy (non-hydrogen) atoms. The minimum absolute atomic E-state index is 0.569. The molecule has 1 atom stereocenters. The standard InChI is InChI=1S/C3H8N2O2/c1-2(4)3(6)5-7/h2,7H,4H2,1H3,(H,5,6)/t2-/m1/s1. The SMILES string of the molecule is C[C@@H](N)C(=O)NO. The molecule has 0 saturated heterocycles. The Bertz CT molecular complexity index is 71.3. The van der Waals surface area contributed by atoms with Gasteiger partial charge in [-0.25, -0.2) is 5.48 Å². The third kappa shape index (κ3) is 2.13. The summed E-state index contributed by atoms with van der Waals surface area (Å²) in [5.41, 5.74) is 6.37. The van der Waals surface area contributed by atoms with Gasteiger partial charge in [-0.2, -0.15) is 0 Å². The van der Waals surface area contributed by atoms with E-state index in [0.717, 1.165) is 0 Å². The van der Waals surface area contributed by atoms with E-state index in [4.69, 9.17) is 10.9 Å². The van der Waals surface area contributed by atoms with Crippen molar-refractivity contribution < 1.29 is 10.0 Å². The molecule has 4 N–H and O–H groups in total. The molecule has 0 aliphatic carbocycles. The van der Waals surface area contributed by atoms with Crippen LogP contribution in [-0.4, -0.2) is 17.2 Å². The predicted octanol–water partition coefficient (Wildman–Crippen LogP) is -1.16. The number of nitrogens with two attached hydrogens (primary N) is 1. The maximum Gasteiger partial charge on any atom is 0.259 e. The van der Waals surface area contributed by atoms with Crippen LogP contribution in [0.2, 0.25) is 0 Å². The molecule has 0 rings (SSSR count). The van der Waals surface area contributed by atoms with Crippen LogP contribution in [0.1, 0.15) is 6.92 Å². The van der Waals surface area contributed by atoms with Crippen molar-refractivity contribution in [1.29, 1.82) is 0 Å². The first kappa shape index (κ1) is 6.39. The van der Waals surface area contributed by atoms with Crippen LogP contribution in [0, 0.1) is 0 Å². The summed E-state index contributed by atoms with van der Waals surface area (Å²) < 4.78 is 0. The van der Waals surface area contributed by atoms with Gasteiger partial charge in [0.25, 0.3) is 5.91 Å². The van der Waals surface area contributed by atoms with E-state index in [9.17, 15) is 4.79 Å². The van der Waals surface area contributed by atoms with Crippen molar-refractivity contribution in [3.05, 3.63) is 0 Å². The lowest BCUT2D eigenvalue weighted by Crippen LogP contribution is -2.36. The van der Waals surface area contributed by atoms with Crippen molar-refractivity contribution in [3.63, 3.8) is 0 Å². The molecule has 1 amide bonds. The van der Waals surface area contributed by atoms with Crippen LogP contribution in [0.5, 0.6) is 0 Å². The summed E-state index contributed by atoms with van der Waals surface area (Å²) in [4.78, 5) is 10.0. The number of rotatable bonds is 1. The summed E-state index contributed by atoms with van der Waals surface area (Å²) in [7, 11) is 0. The zero-order valence-electron chi connectivity index (χ0n) is 4.01. The van der Waals surface area contributed by atoms with Crippen molar-refractivity contribution in [2.24, 2.45) is 5.73 Å². The first-order valence-corrected chi connectivity index (χ1v) is 1.88. The van der Waals surface area contributed by atoms with Gasteiger partial charge in [0.1, 0.15) is 0 Å². The van der Waals surface area contributed by atoms with E-state index in [2.05, 4.69) is 0 Å². The molecule has 0 bridgehead atoms. The average molecular weight is 104 g/mol. The second kappa shape index (κ2) is 2.54. The summed E-state index contributed by atoms with van der Waals surface area (Å²) in [6.45, 7) is 1.48. The minimum Gasteiger partial charge on any atom is -0.320 e. The summed E-state index contributed by atoms with van der Waals surface area (Å²) in [5, 5.41) is 7.83. The molecular formula is C3H8N2O2. The quantitative estimate of drug-likeness (QED) is 0.290. The van der Waals surface area contributed by atoms with Gasteiger partial charge < -0.3 is 5.73 Å². The number of hydrogen-bond acceptors (Lipinski definition) is 3. The Balaban J connectivity index is 3.35. The Kier molecular flexibility index (Phi) is 2.32. The third-order valence-electron chi connectivity index (χ3n) is 0.524. The molecule has 0 aliphatic rings. The minimum atomic E-state index is -0.634. The van der Waals surface area contributed by atoms with Gasteiger partial charge in [-0.1, -0.05) is 0 Å². The highest BCUT2D eigenvalue weighted by molar-refractivity contribution is 5.79. The van der Waals surface area contributed by atoms with E-state index in [-0.39, 0.29) is 0 Å². The van der Waals surface area contributed by atoms with E-state index >= 15 is 0 Å². The van der Waals surface area contributed by atoms with Gasteiger partial charge in [0.15, 0.2) is 0 Å². The highest BCUT2D eigenvalue weighted by atomic mass is 16.5. The number of carbonyl (C=O) groups excluding carboxylic acids is 1. The molecule has 4 heteroatoms. The lowest BCUT2D eigenvalue weighted by atomic mass is 10.4. The Morgan fingerprint density at radius 3 is 2.43 bits per heavy atom. The monoisotopic (exact) mass is 104 g/mol. The van der Waals surface area contributed by atoms with Gasteiger partial charge >= 0.3 is 0 Å². The fourth-order valence-electron chi connectivity index (χ4n) is 0.102. The molecule has 0 aromatic rings. The van der Waals surface area contributed by atoms with Crippen molar-refractivity contribution in [2.45, 2.75) is 13.0 Å².